The van der Waals surface area contributed by atoms with Crippen molar-refractivity contribution in [2.24, 2.45) is 5.92 Å². The Morgan fingerprint density at radius 1 is 1.18 bits per heavy atom. The van der Waals surface area contributed by atoms with E-state index in [9.17, 15) is 0 Å². The lowest BCUT2D eigenvalue weighted by molar-refractivity contribution is 0.0372. The highest BCUT2D eigenvalue weighted by Gasteiger charge is 2.07. The molecule has 1 heteroatoms. The predicted molar refractivity (Wildman–Crippen MR) is 49.8 cm³/mol. The average Bonchev–Trinajstić information content (AvgIpc) is 1.97. The van der Waals surface area contributed by atoms with Gasteiger partial charge in [-0.15, -0.1) is 0 Å². The summed E-state index contributed by atoms with van der Waals surface area (Å²) in [7, 11) is 0. The molecule has 1 atom stereocenters. The van der Waals surface area contributed by atoms with Gasteiger partial charge in [0.25, 0.3) is 0 Å². The molecule has 0 aliphatic carbocycles. The smallest absolute Gasteiger partial charge is 0.0575 e. The Morgan fingerprint density at radius 3 is 2.18 bits per heavy atom. The second-order valence-corrected chi connectivity index (χ2v) is 3.53. The SMILES string of the molecule is CCCOC(CC)CC(C)C. The summed E-state index contributed by atoms with van der Waals surface area (Å²) in [5.41, 5.74) is 0. The molecule has 0 radical (unpaired) electrons. The van der Waals surface area contributed by atoms with Crippen LogP contribution in [0.15, 0.2) is 0 Å². The van der Waals surface area contributed by atoms with Crippen molar-refractivity contribution in [1.82, 2.24) is 0 Å². The molecule has 1 nitrogen and oxygen atoms in total. The normalized spacial score (nSPS) is 13.9. The van der Waals surface area contributed by atoms with Crippen LogP contribution in [0.5, 0.6) is 0 Å². The Balaban J connectivity index is 3.41. The maximum Gasteiger partial charge on any atom is 0.0575 e. The topological polar surface area (TPSA) is 9.23 Å². The van der Waals surface area contributed by atoms with Crippen molar-refractivity contribution in [3.8, 4) is 0 Å². The van der Waals surface area contributed by atoms with Gasteiger partial charge in [-0.25, -0.2) is 0 Å². The molecule has 0 spiro atoms. The molecule has 0 N–H and O–H groups in total. The van der Waals surface area contributed by atoms with Crippen LogP contribution in [0.25, 0.3) is 0 Å². The van der Waals surface area contributed by atoms with Crippen LogP contribution in [0.2, 0.25) is 0 Å². The maximum absolute atomic E-state index is 5.65. The second kappa shape index (κ2) is 6.66. The van der Waals surface area contributed by atoms with Crippen molar-refractivity contribution in [1.29, 1.82) is 0 Å². The maximum atomic E-state index is 5.65. The molecule has 0 saturated carbocycles. The van der Waals surface area contributed by atoms with E-state index in [2.05, 4.69) is 27.7 Å². The lowest BCUT2D eigenvalue weighted by Gasteiger charge is -2.17. The Kier molecular flexibility index (Phi) is 6.63. The zero-order chi connectivity index (χ0) is 8.69. The van der Waals surface area contributed by atoms with Crippen LogP contribution >= 0.6 is 0 Å². The van der Waals surface area contributed by atoms with Crippen LogP contribution in [-0.4, -0.2) is 12.7 Å². The molecule has 0 aromatic carbocycles. The van der Waals surface area contributed by atoms with Crippen LogP contribution in [0.1, 0.15) is 47.0 Å². The lowest BCUT2D eigenvalue weighted by Crippen LogP contribution is -2.14. The van der Waals surface area contributed by atoms with Gasteiger partial charge in [-0.2, -0.15) is 0 Å². The predicted octanol–water partition coefficient (Wildman–Crippen LogP) is 3.24. The summed E-state index contributed by atoms with van der Waals surface area (Å²) >= 11 is 0. The van der Waals surface area contributed by atoms with Crippen LogP contribution in [-0.2, 0) is 4.74 Å². The zero-order valence-electron chi connectivity index (χ0n) is 8.39. The number of hydrogen-bond acceptors (Lipinski definition) is 1. The fraction of sp³-hybridized carbons (Fsp3) is 1.00. The first kappa shape index (κ1) is 11.0. The zero-order valence-corrected chi connectivity index (χ0v) is 8.39. The van der Waals surface area contributed by atoms with Gasteiger partial charge < -0.3 is 4.74 Å². The van der Waals surface area contributed by atoms with E-state index in [1.165, 1.54) is 6.42 Å². The summed E-state index contributed by atoms with van der Waals surface area (Å²) in [5.74, 6) is 0.761. The number of ether oxygens (including phenoxy) is 1. The van der Waals surface area contributed by atoms with Gasteiger partial charge in [0.15, 0.2) is 0 Å². The molecule has 0 fully saturated rings. The van der Waals surface area contributed by atoms with Crippen LogP contribution in [0.3, 0.4) is 0 Å². The van der Waals surface area contributed by atoms with E-state index < -0.39 is 0 Å². The van der Waals surface area contributed by atoms with Crippen molar-refractivity contribution < 1.29 is 4.74 Å². The molecule has 0 aliphatic heterocycles. The minimum atomic E-state index is 0.495. The van der Waals surface area contributed by atoms with Crippen LogP contribution < -0.4 is 0 Å². The summed E-state index contributed by atoms with van der Waals surface area (Å²) < 4.78 is 5.65. The van der Waals surface area contributed by atoms with Crippen molar-refractivity contribution in [2.75, 3.05) is 6.61 Å². The van der Waals surface area contributed by atoms with Gasteiger partial charge in [-0.05, 0) is 25.2 Å². The Bertz CT molecular complexity index is 78.9. The molecule has 0 aromatic rings. The molecule has 0 saturated heterocycles. The average molecular weight is 158 g/mol. The van der Waals surface area contributed by atoms with Crippen molar-refractivity contribution in [3.63, 3.8) is 0 Å². The molecule has 0 heterocycles. The quantitative estimate of drug-likeness (QED) is 0.576. The monoisotopic (exact) mass is 158 g/mol. The van der Waals surface area contributed by atoms with E-state index in [1.54, 1.807) is 0 Å². The van der Waals surface area contributed by atoms with Gasteiger partial charge in [0.1, 0.15) is 0 Å². The molecule has 11 heavy (non-hydrogen) atoms. The molecule has 0 bridgehead atoms. The third kappa shape index (κ3) is 6.36. The van der Waals surface area contributed by atoms with Crippen molar-refractivity contribution >= 4 is 0 Å². The Morgan fingerprint density at radius 2 is 1.82 bits per heavy atom. The fourth-order valence-electron chi connectivity index (χ4n) is 1.16. The first-order valence-corrected chi connectivity index (χ1v) is 4.82. The number of rotatable bonds is 6. The third-order valence-electron chi connectivity index (χ3n) is 1.75. The first-order chi connectivity index (χ1) is 5.20. The minimum Gasteiger partial charge on any atom is -0.378 e. The van der Waals surface area contributed by atoms with E-state index >= 15 is 0 Å². The largest absolute Gasteiger partial charge is 0.378 e. The second-order valence-electron chi connectivity index (χ2n) is 3.53. The first-order valence-electron chi connectivity index (χ1n) is 4.82. The molecule has 68 valence electrons. The van der Waals surface area contributed by atoms with Crippen molar-refractivity contribution in [3.05, 3.63) is 0 Å². The molecular formula is C10H22O. The highest BCUT2D eigenvalue weighted by atomic mass is 16.5. The van der Waals surface area contributed by atoms with Gasteiger partial charge >= 0.3 is 0 Å². The fourth-order valence-corrected chi connectivity index (χ4v) is 1.16. The van der Waals surface area contributed by atoms with Gasteiger partial charge in [-0.3, -0.25) is 0 Å². The van der Waals surface area contributed by atoms with E-state index in [1.807, 2.05) is 0 Å². The molecule has 1 unspecified atom stereocenters. The Hall–Kier alpha value is -0.0400. The van der Waals surface area contributed by atoms with E-state index in [0.717, 1.165) is 25.4 Å². The molecule has 0 rings (SSSR count). The van der Waals surface area contributed by atoms with Gasteiger partial charge in [0.05, 0.1) is 6.10 Å². The van der Waals surface area contributed by atoms with E-state index in [-0.39, 0.29) is 0 Å². The van der Waals surface area contributed by atoms with E-state index in [4.69, 9.17) is 4.74 Å². The minimum absolute atomic E-state index is 0.495. The lowest BCUT2D eigenvalue weighted by atomic mass is 10.0. The third-order valence-corrected chi connectivity index (χ3v) is 1.75. The molecule has 0 aromatic heterocycles. The number of hydrogen-bond donors (Lipinski definition) is 0. The van der Waals surface area contributed by atoms with E-state index in [0.29, 0.717) is 6.10 Å². The van der Waals surface area contributed by atoms with Crippen molar-refractivity contribution in [2.45, 2.75) is 53.1 Å². The molecule has 0 amide bonds. The van der Waals surface area contributed by atoms with Gasteiger partial charge in [0.2, 0.25) is 0 Å². The highest BCUT2D eigenvalue weighted by Crippen LogP contribution is 2.11. The summed E-state index contributed by atoms with van der Waals surface area (Å²) in [6.45, 7) is 9.77. The summed E-state index contributed by atoms with van der Waals surface area (Å²) in [6, 6.07) is 0. The highest BCUT2D eigenvalue weighted by molar-refractivity contribution is 4.57. The van der Waals surface area contributed by atoms with Crippen LogP contribution in [0.4, 0.5) is 0 Å². The van der Waals surface area contributed by atoms with Gasteiger partial charge in [0, 0.05) is 6.61 Å². The standard InChI is InChI=1S/C10H22O/c1-5-7-11-10(6-2)8-9(3)4/h9-10H,5-8H2,1-4H3. The van der Waals surface area contributed by atoms with Gasteiger partial charge in [-0.1, -0.05) is 27.7 Å². The Labute approximate surface area is 71.1 Å². The summed E-state index contributed by atoms with van der Waals surface area (Å²) in [4.78, 5) is 0. The summed E-state index contributed by atoms with van der Waals surface area (Å²) in [5, 5.41) is 0. The summed E-state index contributed by atoms with van der Waals surface area (Å²) in [6.07, 6.45) is 3.98. The molecule has 0 aliphatic rings. The van der Waals surface area contributed by atoms with Crippen LogP contribution in [0, 0.1) is 5.92 Å². The molecular weight excluding hydrogens is 136 g/mol.